The van der Waals surface area contributed by atoms with E-state index >= 15 is 0 Å². The molecule has 0 radical (unpaired) electrons. The summed E-state index contributed by atoms with van der Waals surface area (Å²) in [6, 6.07) is 11.2. The molecule has 0 spiro atoms. The molecule has 4 unspecified atom stereocenters. The van der Waals surface area contributed by atoms with Crippen LogP contribution in [0.3, 0.4) is 0 Å². The molecule has 4 atom stereocenters. The number of thioether (sulfide) groups is 1. The van der Waals surface area contributed by atoms with E-state index in [1.807, 2.05) is 18.2 Å². The lowest BCUT2D eigenvalue weighted by Gasteiger charge is -2.50. The third-order valence-electron chi connectivity index (χ3n) is 6.74. The van der Waals surface area contributed by atoms with E-state index in [4.69, 9.17) is 9.47 Å². The third kappa shape index (κ3) is 5.87. The van der Waals surface area contributed by atoms with Crippen LogP contribution in [0.15, 0.2) is 42.5 Å². The third-order valence-corrected chi connectivity index (χ3v) is 7.95. The Morgan fingerprint density at radius 2 is 1.76 bits per heavy atom. The molecule has 0 aromatic heterocycles. The molecule has 38 heavy (non-hydrogen) atoms. The highest BCUT2D eigenvalue weighted by Gasteiger charge is 2.51. The van der Waals surface area contributed by atoms with E-state index in [0.29, 0.717) is 24.5 Å². The van der Waals surface area contributed by atoms with Crippen molar-refractivity contribution < 1.29 is 28.2 Å². The molecule has 10 nitrogen and oxygen atoms in total. The van der Waals surface area contributed by atoms with Gasteiger partial charge in [-0.05, 0) is 41.8 Å². The number of urea groups is 1. The summed E-state index contributed by atoms with van der Waals surface area (Å²) in [4.78, 5) is 41.0. The first-order valence-corrected chi connectivity index (χ1v) is 13.2. The molecular weight excluding hydrogens is 513 g/mol. The predicted molar refractivity (Wildman–Crippen MR) is 141 cm³/mol. The van der Waals surface area contributed by atoms with Crippen LogP contribution in [0.5, 0.6) is 11.5 Å². The predicted octanol–water partition coefficient (Wildman–Crippen LogP) is 1.92. The monoisotopic (exact) mass is 545 g/mol. The minimum absolute atomic E-state index is 0.109. The van der Waals surface area contributed by atoms with Gasteiger partial charge in [-0.25, -0.2) is 9.18 Å². The lowest BCUT2D eigenvalue weighted by Crippen LogP contribution is -2.72. The van der Waals surface area contributed by atoms with Crippen LogP contribution in [-0.2, 0) is 16.0 Å². The van der Waals surface area contributed by atoms with Crippen LogP contribution in [-0.4, -0.2) is 79.8 Å². The van der Waals surface area contributed by atoms with Crippen LogP contribution in [0, 0.1) is 11.7 Å². The van der Waals surface area contributed by atoms with Crippen LogP contribution in [0.1, 0.15) is 17.3 Å². The lowest BCUT2D eigenvalue weighted by atomic mass is 9.96. The van der Waals surface area contributed by atoms with Gasteiger partial charge < -0.3 is 19.7 Å². The molecule has 4 amide bonds. The molecule has 2 heterocycles. The Morgan fingerprint density at radius 3 is 2.45 bits per heavy atom. The molecule has 12 heteroatoms. The van der Waals surface area contributed by atoms with Gasteiger partial charge in [-0.15, -0.1) is 11.8 Å². The average Bonchev–Trinajstić information content (AvgIpc) is 2.93. The van der Waals surface area contributed by atoms with E-state index in [-0.39, 0.29) is 23.4 Å². The zero-order chi connectivity index (χ0) is 27.4. The first-order valence-electron chi connectivity index (χ1n) is 12.1. The molecule has 204 valence electrons. The van der Waals surface area contributed by atoms with Gasteiger partial charge in [0.25, 0.3) is 0 Å². The van der Waals surface area contributed by atoms with Crippen molar-refractivity contribution in [2.75, 3.05) is 40.6 Å². The Hall–Kier alpha value is -3.35. The van der Waals surface area contributed by atoms with Crippen LogP contribution in [0.4, 0.5) is 9.18 Å². The molecule has 0 bridgehead atoms. The van der Waals surface area contributed by atoms with Gasteiger partial charge in [0, 0.05) is 20.6 Å². The van der Waals surface area contributed by atoms with Crippen molar-refractivity contribution in [2.24, 2.45) is 5.92 Å². The standard InChI is InChI=1S/C26H32FN5O5S/c1-31-23-21(25(34)32(2)26(31)35)24(30-22(29-23)16-6-8-17(27)9-7-16)38-14-20(33)28-12-11-15-5-10-18(36-3)19(13-15)37-4/h5-10,13,21-24,29-30H,11-12,14H2,1-4H3,(H,28,33). The van der Waals surface area contributed by atoms with Crippen LogP contribution < -0.4 is 25.4 Å². The summed E-state index contributed by atoms with van der Waals surface area (Å²) in [5.41, 5.74) is 1.74. The summed E-state index contributed by atoms with van der Waals surface area (Å²) >= 11 is 1.30. The lowest BCUT2D eigenvalue weighted by molar-refractivity contribution is -0.140. The van der Waals surface area contributed by atoms with Gasteiger partial charge >= 0.3 is 6.03 Å². The summed E-state index contributed by atoms with van der Waals surface area (Å²) in [6.45, 7) is 0.428. The number of halogens is 1. The number of fused-ring (bicyclic) bond motifs is 1. The molecule has 4 rings (SSSR count). The van der Waals surface area contributed by atoms with Crippen LogP contribution in [0.25, 0.3) is 0 Å². The number of benzene rings is 2. The number of hydrogen-bond donors (Lipinski definition) is 3. The minimum atomic E-state index is -0.621. The second-order valence-corrected chi connectivity index (χ2v) is 10.2. The number of rotatable bonds is 9. The summed E-state index contributed by atoms with van der Waals surface area (Å²) in [5, 5.41) is 9.12. The van der Waals surface area contributed by atoms with Gasteiger partial charge in [0.05, 0.1) is 43.6 Å². The van der Waals surface area contributed by atoms with Crippen molar-refractivity contribution in [1.29, 1.82) is 0 Å². The molecule has 2 saturated heterocycles. The van der Waals surface area contributed by atoms with E-state index in [1.165, 1.54) is 35.8 Å². The largest absolute Gasteiger partial charge is 0.493 e. The smallest absolute Gasteiger partial charge is 0.327 e. The molecule has 2 fully saturated rings. The van der Waals surface area contributed by atoms with Gasteiger partial charge in [0.15, 0.2) is 11.5 Å². The molecule has 2 aliphatic rings. The molecular formula is C26H32FN5O5S. The molecule has 0 aliphatic carbocycles. The molecule has 2 aromatic rings. The first kappa shape index (κ1) is 27.7. The fraction of sp³-hybridized carbons (Fsp3) is 0.423. The Kier molecular flexibility index (Phi) is 8.75. The van der Waals surface area contributed by atoms with Crippen LogP contribution >= 0.6 is 11.8 Å². The van der Waals surface area contributed by atoms with Crippen molar-refractivity contribution in [1.82, 2.24) is 25.8 Å². The van der Waals surface area contributed by atoms with Gasteiger partial charge in [-0.2, -0.15) is 0 Å². The Labute approximate surface area is 225 Å². The van der Waals surface area contributed by atoms with Crippen LogP contribution in [0.2, 0.25) is 0 Å². The number of ether oxygens (including phenoxy) is 2. The van der Waals surface area contributed by atoms with Crippen molar-refractivity contribution in [3.8, 4) is 11.5 Å². The number of methoxy groups -OCH3 is 2. The van der Waals surface area contributed by atoms with Crippen molar-refractivity contribution >= 4 is 29.6 Å². The topological polar surface area (TPSA) is 112 Å². The highest BCUT2D eigenvalue weighted by atomic mass is 32.2. The Morgan fingerprint density at radius 1 is 1.05 bits per heavy atom. The van der Waals surface area contributed by atoms with E-state index in [9.17, 15) is 18.8 Å². The van der Waals surface area contributed by atoms with Gasteiger partial charge in [-0.3, -0.25) is 25.1 Å². The maximum Gasteiger partial charge on any atom is 0.327 e. The van der Waals surface area contributed by atoms with Crippen molar-refractivity contribution in [3.63, 3.8) is 0 Å². The summed E-state index contributed by atoms with van der Waals surface area (Å²) in [7, 11) is 6.23. The second-order valence-electron chi connectivity index (χ2n) is 9.10. The number of imide groups is 1. The minimum Gasteiger partial charge on any atom is -0.493 e. The first-order chi connectivity index (χ1) is 18.2. The van der Waals surface area contributed by atoms with Gasteiger partial charge in [0.1, 0.15) is 5.82 Å². The summed E-state index contributed by atoms with van der Waals surface area (Å²) in [5.74, 6) is -0.117. The molecule has 0 saturated carbocycles. The quantitative estimate of drug-likeness (QED) is 0.438. The SMILES string of the molecule is COc1ccc(CCNC(=O)CSC2NC(c3ccc(F)cc3)NC3C2C(=O)N(C)C(=O)N3C)cc1OC. The second kappa shape index (κ2) is 12.0. The highest BCUT2D eigenvalue weighted by Crippen LogP contribution is 2.34. The van der Waals surface area contributed by atoms with E-state index in [1.54, 1.807) is 33.4 Å². The summed E-state index contributed by atoms with van der Waals surface area (Å²) < 4.78 is 24.1. The molecule has 3 N–H and O–H groups in total. The van der Waals surface area contributed by atoms with Gasteiger partial charge in [0.2, 0.25) is 11.8 Å². The maximum atomic E-state index is 13.5. The molecule has 2 aromatic carbocycles. The van der Waals surface area contributed by atoms with E-state index in [2.05, 4.69) is 16.0 Å². The normalized spacial score (nSPS) is 23.2. The number of nitrogens with one attached hydrogen (secondary N) is 3. The fourth-order valence-electron chi connectivity index (χ4n) is 4.65. The average molecular weight is 546 g/mol. The number of amides is 4. The molecule has 2 aliphatic heterocycles. The van der Waals surface area contributed by atoms with E-state index in [0.717, 1.165) is 16.0 Å². The van der Waals surface area contributed by atoms with Crippen molar-refractivity contribution in [2.45, 2.75) is 24.1 Å². The van der Waals surface area contributed by atoms with E-state index < -0.39 is 29.7 Å². The summed E-state index contributed by atoms with van der Waals surface area (Å²) in [6.07, 6.45) is -0.433. The Bertz CT molecular complexity index is 1180. The van der Waals surface area contributed by atoms with Gasteiger partial charge in [-0.1, -0.05) is 18.2 Å². The number of nitrogens with zero attached hydrogens (tertiary/aromatic N) is 2. The highest BCUT2D eigenvalue weighted by molar-refractivity contribution is 8.00. The number of carbonyl (C=O) groups excluding carboxylic acids is 3. The Balaban J connectivity index is 1.40. The number of carbonyl (C=O) groups is 3. The zero-order valence-electron chi connectivity index (χ0n) is 21.7. The number of hydrogen-bond acceptors (Lipinski definition) is 8. The maximum absolute atomic E-state index is 13.5. The van der Waals surface area contributed by atoms with Crippen molar-refractivity contribution in [3.05, 3.63) is 59.4 Å². The zero-order valence-corrected chi connectivity index (χ0v) is 22.5. The fourth-order valence-corrected chi connectivity index (χ4v) is 5.78.